The van der Waals surface area contributed by atoms with Crippen molar-refractivity contribution in [3.63, 3.8) is 0 Å². The molecule has 1 aromatic carbocycles. The van der Waals surface area contributed by atoms with Crippen LogP contribution in [0.1, 0.15) is 31.9 Å². The number of carboxylic acids is 1. The largest absolute Gasteiger partial charge is 0.478 e. The van der Waals surface area contributed by atoms with Crippen LogP contribution in [0.3, 0.4) is 0 Å². The van der Waals surface area contributed by atoms with Gasteiger partial charge >= 0.3 is 12.1 Å². The molecule has 1 rings (SSSR count). The average Bonchev–Trinajstić information content (AvgIpc) is 2.32. The molecule has 0 saturated heterocycles. The second-order valence-electron chi connectivity index (χ2n) is 5.23. The van der Waals surface area contributed by atoms with Crippen LogP contribution in [0.15, 0.2) is 30.3 Å². The number of hydrogen-bond donors (Lipinski definition) is 2. The van der Waals surface area contributed by atoms with Crippen molar-refractivity contribution < 1.29 is 19.4 Å². The molecule has 0 heterocycles. The summed E-state index contributed by atoms with van der Waals surface area (Å²) in [5, 5.41) is 11.3. The Hall–Kier alpha value is -2.30. The molecule has 1 amide bonds. The summed E-state index contributed by atoms with van der Waals surface area (Å²) in [7, 11) is 0. The summed E-state index contributed by atoms with van der Waals surface area (Å²) in [5.41, 5.74) is 1.01. The Bertz CT molecular complexity index is 515. The Morgan fingerprint density at radius 2 is 1.95 bits per heavy atom. The monoisotopic (exact) mass is 277 g/mol. The first-order chi connectivity index (χ1) is 9.28. The molecule has 0 aliphatic heterocycles. The molecule has 108 valence electrons. The quantitative estimate of drug-likeness (QED) is 0.830. The zero-order valence-electron chi connectivity index (χ0n) is 11.8. The second-order valence-corrected chi connectivity index (χ2v) is 5.23. The zero-order valence-corrected chi connectivity index (χ0v) is 11.8. The van der Waals surface area contributed by atoms with Crippen LogP contribution in [-0.2, 0) is 16.1 Å². The molecular weight excluding hydrogens is 258 g/mol. The lowest BCUT2D eigenvalue weighted by molar-refractivity contribution is -0.131. The number of rotatable bonds is 4. The van der Waals surface area contributed by atoms with E-state index < -0.39 is 17.7 Å². The topological polar surface area (TPSA) is 75.6 Å². The molecule has 0 aliphatic rings. The molecule has 0 aliphatic carbocycles. The number of aliphatic carboxylic acids is 1. The molecule has 0 aromatic heterocycles. The number of ether oxygens (including phenoxy) is 1. The molecule has 20 heavy (non-hydrogen) atoms. The molecular formula is C15H19NO4. The van der Waals surface area contributed by atoms with Gasteiger partial charge in [0, 0.05) is 12.6 Å². The van der Waals surface area contributed by atoms with Crippen LogP contribution in [0.2, 0.25) is 0 Å². The van der Waals surface area contributed by atoms with Gasteiger partial charge in [-0.25, -0.2) is 9.59 Å². The summed E-state index contributed by atoms with van der Waals surface area (Å²) in [6.45, 7) is 5.64. The minimum Gasteiger partial charge on any atom is -0.478 e. The SMILES string of the molecule is CC(C)(C)OC(=O)NCc1ccccc1C=CC(=O)O. The number of alkyl carbamates (subject to hydrolysis) is 1. The van der Waals surface area contributed by atoms with Crippen LogP contribution in [0, 0.1) is 0 Å². The maximum Gasteiger partial charge on any atom is 0.407 e. The minimum absolute atomic E-state index is 0.273. The Labute approximate surface area is 118 Å². The van der Waals surface area contributed by atoms with Crippen molar-refractivity contribution in [2.45, 2.75) is 32.9 Å². The number of hydrogen-bond acceptors (Lipinski definition) is 3. The van der Waals surface area contributed by atoms with E-state index in [4.69, 9.17) is 9.84 Å². The van der Waals surface area contributed by atoms with Crippen LogP contribution < -0.4 is 5.32 Å². The lowest BCUT2D eigenvalue weighted by Crippen LogP contribution is -2.32. The highest BCUT2D eigenvalue weighted by atomic mass is 16.6. The standard InChI is InChI=1S/C15H19NO4/c1-15(2,3)20-14(19)16-10-12-7-5-4-6-11(12)8-9-13(17)18/h4-9H,10H2,1-3H3,(H,16,19)(H,17,18). The van der Waals surface area contributed by atoms with E-state index in [1.165, 1.54) is 6.08 Å². The van der Waals surface area contributed by atoms with Gasteiger partial charge in [0.2, 0.25) is 0 Å². The van der Waals surface area contributed by atoms with Crippen molar-refractivity contribution in [1.29, 1.82) is 0 Å². The number of carbonyl (C=O) groups is 2. The predicted molar refractivity (Wildman–Crippen MR) is 76.2 cm³/mol. The van der Waals surface area contributed by atoms with E-state index in [0.717, 1.165) is 17.2 Å². The molecule has 2 N–H and O–H groups in total. The van der Waals surface area contributed by atoms with Crippen molar-refractivity contribution in [3.05, 3.63) is 41.5 Å². The van der Waals surface area contributed by atoms with Gasteiger partial charge in [-0.05, 0) is 38.0 Å². The minimum atomic E-state index is -1.01. The van der Waals surface area contributed by atoms with Gasteiger partial charge in [-0.15, -0.1) is 0 Å². The molecule has 5 heteroatoms. The van der Waals surface area contributed by atoms with Gasteiger partial charge in [-0.1, -0.05) is 24.3 Å². The van der Waals surface area contributed by atoms with E-state index in [9.17, 15) is 9.59 Å². The first-order valence-electron chi connectivity index (χ1n) is 6.24. The summed E-state index contributed by atoms with van der Waals surface area (Å²) in [4.78, 5) is 22.1. The normalized spacial score (nSPS) is 11.3. The Morgan fingerprint density at radius 1 is 1.30 bits per heavy atom. The third kappa shape index (κ3) is 6.04. The Kier molecular flexibility index (Phi) is 5.32. The van der Waals surface area contributed by atoms with Gasteiger partial charge in [-0.3, -0.25) is 0 Å². The number of benzene rings is 1. The van der Waals surface area contributed by atoms with E-state index in [2.05, 4.69) is 5.32 Å². The fourth-order valence-electron chi connectivity index (χ4n) is 1.50. The molecule has 0 bridgehead atoms. The highest BCUT2D eigenvalue weighted by Crippen LogP contribution is 2.11. The van der Waals surface area contributed by atoms with Crippen molar-refractivity contribution >= 4 is 18.1 Å². The fraction of sp³-hybridized carbons (Fsp3) is 0.333. The lowest BCUT2D eigenvalue weighted by atomic mass is 10.1. The first kappa shape index (κ1) is 15.8. The summed E-state index contributed by atoms with van der Waals surface area (Å²) in [6, 6.07) is 7.23. The van der Waals surface area contributed by atoms with Gasteiger partial charge in [0.25, 0.3) is 0 Å². The zero-order chi connectivity index (χ0) is 15.2. The summed E-state index contributed by atoms with van der Waals surface area (Å²) < 4.78 is 5.14. The summed E-state index contributed by atoms with van der Waals surface area (Å²) in [5.74, 6) is -1.01. The maximum atomic E-state index is 11.6. The number of carbonyl (C=O) groups excluding carboxylic acids is 1. The number of nitrogens with one attached hydrogen (secondary N) is 1. The fourth-order valence-corrected chi connectivity index (χ4v) is 1.50. The highest BCUT2D eigenvalue weighted by Gasteiger charge is 2.15. The van der Waals surface area contributed by atoms with Crippen molar-refractivity contribution in [1.82, 2.24) is 5.32 Å². The van der Waals surface area contributed by atoms with Crippen LogP contribution in [-0.4, -0.2) is 22.8 Å². The van der Waals surface area contributed by atoms with Gasteiger partial charge in [0.15, 0.2) is 0 Å². The van der Waals surface area contributed by atoms with Gasteiger partial charge in [0.1, 0.15) is 5.60 Å². The van der Waals surface area contributed by atoms with E-state index in [0.29, 0.717) is 0 Å². The van der Waals surface area contributed by atoms with Gasteiger partial charge < -0.3 is 15.2 Å². The van der Waals surface area contributed by atoms with Crippen molar-refractivity contribution in [3.8, 4) is 0 Å². The van der Waals surface area contributed by atoms with Crippen LogP contribution in [0.4, 0.5) is 4.79 Å². The molecule has 0 unspecified atom stereocenters. The highest BCUT2D eigenvalue weighted by molar-refractivity contribution is 5.85. The lowest BCUT2D eigenvalue weighted by Gasteiger charge is -2.19. The van der Waals surface area contributed by atoms with Gasteiger partial charge in [0.05, 0.1) is 0 Å². The third-order valence-corrected chi connectivity index (χ3v) is 2.28. The van der Waals surface area contributed by atoms with E-state index in [-0.39, 0.29) is 6.54 Å². The van der Waals surface area contributed by atoms with Crippen molar-refractivity contribution in [2.24, 2.45) is 0 Å². The molecule has 5 nitrogen and oxygen atoms in total. The molecule has 1 aromatic rings. The first-order valence-corrected chi connectivity index (χ1v) is 6.24. The Balaban J connectivity index is 2.69. The van der Waals surface area contributed by atoms with Crippen LogP contribution >= 0.6 is 0 Å². The Morgan fingerprint density at radius 3 is 2.55 bits per heavy atom. The maximum absolute atomic E-state index is 11.6. The van der Waals surface area contributed by atoms with Gasteiger partial charge in [-0.2, -0.15) is 0 Å². The van der Waals surface area contributed by atoms with E-state index in [1.807, 2.05) is 12.1 Å². The second kappa shape index (κ2) is 6.75. The summed E-state index contributed by atoms with van der Waals surface area (Å²) >= 11 is 0. The molecule has 0 radical (unpaired) electrons. The van der Waals surface area contributed by atoms with Crippen LogP contribution in [0.5, 0.6) is 0 Å². The van der Waals surface area contributed by atoms with E-state index in [1.54, 1.807) is 32.9 Å². The number of amides is 1. The van der Waals surface area contributed by atoms with Crippen molar-refractivity contribution in [2.75, 3.05) is 0 Å². The third-order valence-electron chi connectivity index (χ3n) is 2.28. The molecule has 0 atom stereocenters. The molecule has 0 saturated carbocycles. The molecule has 0 spiro atoms. The molecule has 0 fully saturated rings. The smallest absolute Gasteiger partial charge is 0.407 e. The number of carboxylic acid groups (broad SMARTS) is 1. The summed E-state index contributed by atoms with van der Waals surface area (Å²) in [6.07, 6.45) is 2.05. The average molecular weight is 277 g/mol. The van der Waals surface area contributed by atoms with E-state index >= 15 is 0 Å². The van der Waals surface area contributed by atoms with Crippen LogP contribution in [0.25, 0.3) is 6.08 Å². The predicted octanol–water partition coefficient (Wildman–Crippen LogP) is 2.81.